The summed E-state index contributed by atoms with van der Waals surface area (Å²) in [6, 6.07) is 6.26. The molecule has 156 valence electrons. The van der Waals surface area contributed by atoms with Crippen LogP contribution in [0.2, 0.25) is 0 Å². The van der Waals surface area contributed by atoms with Crippen LogP contribution in [0.3, 0.4) is 0 Å². The second-order valence-electron chi connectivity index (χ2n) is 6.39. The molecule has 0 aliphatic heterocycles. The lowest BCUT2D eigenvalue weighted by Gasteiger charge is -2.13. The zero-order valence-electron chi connectivity index (χ0n) is 16.3. The van der Waals surface area contributed by atoms with Gasteiger partial charge in [-0.2, -0.15) is 0 Å². The number of hydrogen-bond acceptors (Lipinski definition) is 6. The molecule has 1 aromatic carbocycles. The molecular formula is C22H16F2N4O3. The lowest BCUT2D eigenvalue weighted by Crippen LogP contribution is -2.24. The van der Waals surface area contributed by atoms with Crippen LogP contribution in [0.5, 0.6) is 11.6 Å². The quantitative estimate of drug-likeness (QED) is 0.527. The van der Waals surface area contributed by atoms with Gasteiger partial charge in [-0.3, -0.25) is 14.3 Å². The Morgan fingerprint density at radius 1 is 1.13 bits per heavy atom. The number of hydrogen-bond donors (Lipinski definition) is 1. The number of aromatic nitrogens is 4. The van der Waals surface area contributed by atoms with Gasteiger partial charge in [-0.15, -0.1) is 0 Å². The fraction of sp³-hybridized carbons (Fsp3) is 0.0909. The molecule has 0 saturated carbocycles. The summed E-state index contributed by atoms with van der Waals surface area (Å²) in [5, 5.41) is 10.5. The summed E-state index contributed by atoms with van der Waals surface area (Å²) in [6.45, 7) is 2.05. The molecule has 0 unspecified atom stereocenters. The molecule has 4 rings (SSSR count). The largest absolute Gasteiger partial charge is 0.503 e. The molecule has 0 fully saturated rings. The van der Waals surface area contributed by atoms with Crippen molar-refractivity contribution in [3.05, 3.63) is 82.3 Å². The van der Waals surface area contributed by atoms with Crippen molar-refractivity contribution in [3.63, 3.8) is 0 Å². The standard InChI is InChI=1S/C22H16F2N4O3/c1-2-31-21-20(29)13(8-11-26-21)6-7-18-27-17-12-25-10-9-14(17)22(30)28(18)19-15(23)4-3-5-16(19)24/h3-12,29H,2H2,1H3/b7-6+. The van der Waals surface area contributed by atoms with Crippen LogP contribution in [0.1, 0.15) is 18.3 Å². The van der Waals surface area contributed by atoms with Crippen LogP contribution in [0, 0.1) is 11.6 Å². The second kappa shape index (κ2) is 8.31. The van der Waals surface area contributed by atoms with E-state index in [2.05, 4.69) is 15.0 Å². The van der Waals surface area contributed by atoms with E-state index >= 15 is 0 Å². The highest BCUT2D eigenvalue weighted by molar-refractivity contribution is 5.79. The van der Waals surface area contributed by atoms with Crippen molar-refractivity contribution < 1.29 is 18.6 Å². The molecule has 0 amide bonds. The van der Waals surface area contributed by atoms with Crippen molar-refractivity contribution in [2.75, 3.05) is 6.61 Å². The molecule has 0 spiro atoms. The van der Waals surface area contributed by atoms with Crippen LogP contribution < -0.4 is 10.3 Å². The van der Waals surface area contributed by atoms with Gasteiger partial charge in [0.1, 0.15) is 23.1 Å². The maximum atomic E-state index is 14.5. The molecule has 0 aliphatic rings. The first kappa shape index (κ1) is 20.1. The minimum atomic E-state index is -0.919. The molecule has 9 heteroatoms. The first-order valence-corrected chi connectivity index (χ1v) is 9.31. The fourth-order valence-electron chi connectivity index (χ4n) is 3.07. The first-order valence-electron chi connectivity index (χ1n) is 9.31. The number of benzene rings is 1. The molecule has 3 aromatic heterocycles. The summed E-state index contributed by atoms with van der Waals surface area (Å²) in [5.74, 6) is -2.06. The Bertz CT molecular complexity index is 1350. The zero-order valence-corrected chi connectivity index (χ0v) is 16.3. The smallest absolute Gasteiger partial charge is 0.266 e. The second-order valence-corrected chi connectivity index (χ2v) is 6.39. The molecule has 31 heavy (non-hydrogen) atoms. The van der Waals surface area contributed by atoms with Gasteiger partial charge in [0, 0.05) is 18.0 Å². The van der Waals surface area contributed by atoms with Gasteiger partial charge in [0.2, 0.25) is 0 Å². The summed E-state index contributed by atoms with van der Waals surface area (Å²) in [6.07, 6.45) is 7.02. The summed E-state index contributed by atoms with van der Waals surface area (Å²) in [4.78, 5) is 25.4. The van der Waals surface area contributed by atoms with Gasteiger partial charge in [-0.1, -0.05) is 6.07 Å². The average Bonchev–Trinajstić information content (AvgIpc) is 2.76. The molecule has 4 aromatic rings. The first-order chi connectivity index (χ1) is 15.0. The molecule has 0 saturated heterocycles. The Labute approximate surface area is 174 Å². The lowest BCUT2D eigenvalue weighted by atomic mass is 10.2. The number of pyridine rings is 2. The van der Waals surface area contributed by atoms with Crippen molar-refractivity contribution in [3.8, 4) is 17.3 Å². The maximum Gasteiger partial charge on any atom is 0.266 e. The number of fused-ring (bicyclic) bond motifs is 1. The third-order valence-corrected chi connectivity index (χ3v) is 4.47. The predicted molar refractivity (Wildman–Crippen MR) is 111 cm³/mol. The number of aromatic hydroxyl groups is 1. The predicted octanol–water partition coefficient (Wildman–Crippen LogP) is 3.73. The molecule has 0 bridgehead atoms. The van der Waals surface area contributed by atoms with Crippen molar-refractivity contribution in [1.29, 1.82) is 0 Å². The number of rotatable bonds is 5. The minimum Gasteiger partial charge on any atom is -0.503 e. The van der Waals surface area contributed by atoms with Crippen molar-refractivity contribution in [1.82, 2.24) is 19.5 Å². The third kappa shape index (κ3) is 3.73. The highest BCUT2D eigenvalue weighted by Crippen LogP contribution is 2.29. The van der Waals surface area contributed by atoms with E-state index in [0.717, 1.165) is 16.7 Å². The number of para-hydroxylation sites is 1. The van der Waals surface area contributed by atoms with Crippen LogP contribution in [0.25, 0.3) is 28.7 Å². The Kier molecular flexibility index (Phi) is 5.40. The zero-order chi connectivity index (χ0) is 22.0. The molecule has 7 nitrogen and oxygen atoms in total. The third-order valence-electron chi connectivity index (χ3n) is 4.47. The molecule has 0 radical (unpaired) electrons. The molecule has 3 heterocycles. The Balaban J connectivity index is 1.95. The van der Waals surface area contributed by atoms with E-state index in [1.807, 2.05) is 0 Å². The Morgan fingerprint density at radius 2 is 1.90 bits per heavy atom. The number of ether oxygens (including phenoxy) is 1. The molecule has 0 aliphatic carbocycles. The Morgan fingerprint density at radius 3 is 2.65 bits per heavy atom. The lowest BCUT2D eigenvalue weighted by molar-refractivity contribution is 0.304. The van der Waals surface area contributed by atoms with Gasteiger partial charge in [-0.05, 0) is 43.3 Å². The van der Waals surface area contributed by atoms with E-state index in [1.54, 1.807) is 6.92 Å². The van der Waals surface area contributed by atoms with Crippen LogP contribution in [0.15, 0.2) is 53.7 Å². The maximum absolute atomic E-state index is 14.5. The molecule has 0 atom stereocenters. The van der Waals surface area contributed by atoms with Gasteiger partial charge in [0.25, 0.3) is 11.4 Å². The SMILES string of the molecule is CCOc1nccc(/C=C/c2nc3cnccc3c(=O)n2-c2c(F)cccc2F)c1O. The van der Waals surface area contributed by atoms with Gasteiger partial charge in [0.05, 0.1) is 23.7 Å². The van der Waals surface area contributed by atoms with Crippen LogP contribution >= 0.6 is 0 Å². The summed E-state index contributed by atoms with van der Waals surface area (Å²) in [5.41, 5.74) is -0.633. The van der Waals surface area contributed by atoms with E-state index in [0.29, 0.717) is 12.2 Å². The van der Waals surface area contributed by atoms with E-state index in [9.17, 15) is 18.7 Å². The highest BCUT2D eigenvalue weighted by Gasteiger charge is 2.18. The summed E-state index contributed by atoms with van der Waals surface area (Å²) < 4.78 is 35.2. The number of nitrogens with zero attached hydrogens (tertiary/aromatic N) is 4. The number of halogens is 2. The van der Waals surface area contributed by atoms with E-state index in [-0.39, 0.29) is 28.4 Å². The average molecular weight is 422 g/mol. The van der Waals surface area contributed by atoms with Crippen molar-refractivity contribution >= 4 is 23.1 Å². The van der Waals surface area contributed by atoms with E-state index < -0.39 is 22.9 Å². The van der Waals surface area contributed by atoms with Gasteiger partial charge in [0.15, 0.2) is 5.75 Å². The monoisotopic (exact) mass is 422 g/mol. The van der Waals surface area contributed by atoms with E-state index in [4.69, 9.17) is 4.74 Å². The van der Waals surface area contributed by atoms with Gasteiger partial charge < -0.3 is 9.84 Å². The summed E-state index contributed by atoms with van der Waals surface area (Å²) >= 11 is 0. The summed E-state index contributed by atoms with van der Waals surface area (Å²) in [7, 11) is 0. The van der Waals surface area contributed by atoms with Crippen LogP contribution in [0.4, 0.5) is 8.78 Å². The van der Waals surface area contributed by atoms with Crippen molar-refractivity contribution in [2.45, 2.75) is 6.92 Å². The van der Waals surface area contributed by atoms with Crippen LogP contribution in [-0.4, -0.2) is 31.2 Å². The van der Waals surface area contributed by atoms with Gasteiger partial charge in [-0.25, -0.2) is 18.7 Å². The van der Waals surface area contributed by atoms with E-state index in [1.165, 1.54) is 48.9 Å². The fourth-order valence-corrected chi connectivity index (χ4v) is 3.07. The molecule has 1 N–H and O–H groups in total. The topological polar surface area (TPSA) is 90.1 Å². The molecular weight excluding hydrogens is 406 g/mol. The Hall–Kier alpha value is -4.14. The van der Waals surface area contributed by atoms with Crippen LogP contribution in [-0.2, 0) is 0 Å². The normalized spacial score (nSPS) is 11.3. The highest BCUT2D eigenvalue weighted by atomic mass is 19.1. The minimum absolute atomic E-state index is 0.0397. The van der Waals surface area contributed by atoms with Crippen molar-refractivity contribution in [2.24, 2.45) is 0 Å². The van der Waals surface area contributed by atoms with Gasteiger partial charge >= 0.3 is 0 Å².